The van der Waals surface area contributed by atoms with Crippen molar-refractivity contribution >= 4 is 5.97 Å². The van der Waals surface area contributed by atoms with E-state index in [2.05, 4.69) is 23.6 Å². The van der Waals surface area contributed by atoms with Gasteiger partial charge in [0.1, 0.15) is 0 Å². The van der Waals surface area contributed by atoms with Gasteiger partial charge < -0.3 is 10.0 Å². The molecule has 1 rings (SSSR count). The van der Waals surface area contributed by atoms with Crippen molar-refractivity contribution in [2.24, 2.45) is 0 Å². The summed E-state index contributed by atoms with van der Waals surface area (Å²) in [5.74, 6) is -0.663. The van der Waals surface area contributed by atoms with Crippen LogP contribution >= 0.6 is 0 Å². The van der Waals surface area contributed by atoms with Crippen LogP contribution in [0.1, 0.15) is 46.0 Å². The Hall–Kier alpha value is -0.610. The maximum absolute atomic E-state index is 10.7. The van der Waals surface area contributed by atoms with Gasteiger partial charge in [0.15, 0.2) is 0 Å². The van der Waals surface area contributed by atoms with Gasteiger partial charge in [0.25, 0.3) is 0 Å². The Balaban J connectivity index is 2.36. The molecule has 4 nitrogen and oxygen atoms in total. The lowest BCUT2D eigenvalue weighted by Crippen LogP contribution is -2.44. The molecule has 0 radical (unpaired) electrons. The van der Waals surface area contributed by atoms with E-state index in [1.54, 1.807) is 0 Å². The van der Waals surface area contributed by atoms with E-state index in [0.29, 0.717) is 12.5 Å². The zero-order valence-corrected chi connectivity index (χ0v) is 11.9. The van der Waals surface area contributed by atoms with Crippen LogP contribution in [0.4, 0.5) is 0 Å². The Labute approximate surface area is 111 Å². The quantitative estimate of drug-likeness (QED) is 0.722. The maximum Gasteiger partial charge on any atom is 0.303 e. The number of likely N-dealkylation sites (N-methyl/N-ethyl adjacent to an activating group) is 1. The van der Waals surface area contributed by atoms with E-state index in [9.17, 15) is 4.79 Å². The summed E-state index contributed by atoms with van der Waals surface area (Å²) in [7, 11) is 0. The predicted molar refractivity (Wildman–Crippen MR) is 73.9 cm³/mol. The first kappa shape index (κ1) is 15.4. The molecule has 18 heavy (non-hydrogen) atoms. The van der Waals surface area contributed by atoms with Crippen molar-refractivity contribution in [3.05, 3.63) is 0 Å². The minimum Gasteiger partial charge on any atom is -0.481 e. The van der Waals surface area contributed by atoms with Gasteiger partial charge in [-0.15, -0.1) is 0 Å². The molecule has 0 amide bonds. The van der Waals surface area contributed by atoms with Gasteiger partial charge in [-0.3, -0.25) is 9.69 Å². The Morgan fingerprint density at radius 1 is 1.33 bits per heavy atom. The molecule has 0 bridgehead atoms. The summed E-state index contributed by atoms with van der Waals surface area (Å²) in [5, 5.41) is 8.80. The number of hydrogen-bond donors (Lipinski definition) is 1. The van der Waals surface area contributed by atoms with E-state index in [0.717, 1.165) is 39.1 Å². The summed E-state index contributed by atoms with van der Waals surface area (Å²) in [6, 6.07) is 0.491. The molecule has 1 N–H and O–H groups in total. The third-order valence-corrected chi connectivity index (χ3v) is 4.04. The van der Waals surface area contributed by atoms with Crippen molar-refractivity contribution < 1.29 is 9.90 Å². The van der Waals surface area contributed by atoms with E-state index in [-0.39, 0.29) is 0 Å². The van der Waals surface area contributed by atoms with Gasteiger partial charge in [0.05, 0.1) is 0 Å². The molecule has 4 heteroatoms. The summed E-state index contributed by atoms with van der Waals surface area (Å²) in [6.45, 7) is 9.94. The van der Waals surface area contributed by atoms with E-state index < -0.39 is 5.97 Å². The van der Waals surface area contributed by atoms with E-state index in [4.69, 9.17) is 5.11 Å². The van der Waals surface area contributed by atoms with Crippen LogP contribution in [0.5, 0.6) is 0 Å². The van der Waals surface area contributed by atoms with Gasteiger partial charge in [0.2, 0.25) is 0 Å². The molecule has 0 saturated carbocycles. The first-order valence-electron chi connectivity index (χ1n) is 7.35. The first-order chi connectivity index (χ1) is 8.67. The van der Waals surface area contributed by atoms with E-state index in [1.165, 1.54) is 19.3 Å². The average Bonchev–Trinajstić information content (AvgIpc) is 2.38. The van der Waals surface area contributed by atoms with Crippen LogP contribution in [-0.2, 0) is 4.79 Å². The first-order valence-corrected chi connectivity index (χ1v) is 7.35. The number of likely N-dealkylation sites (tertiary alicyclic amines) is 1. The van der Waals surface area contributed by atoms with Gasteiger partial charge in [0, 0.05) is 25.6 Å². The highest BCUT2D eigenvalue weighted by Gasteiger charge is 2.22. The lowest BCUT2D eigenvalue weighted by Gasteiger charge is -2.36. The van der Waals surface area contributed by atoms with Gasteiger partial charge in [-0.05, 0) is 38.9 Å². The Morgan fingerprint density at radius 2 is 2.06 bits per heavy atom. The molecule has 1 saturated heterocycles. The van der Waals surface area contributed by atoms with Crippen molar-refractivity contribution in [1.82, 2.24) is 9.80 Å². The summed E-state index contributed by atoms with van der Waals surface area (Å²) < 4.78 is 0. The maximum atomic E-state index is 10.7. The highest BCUT2D eigenvalue weighted by Crippen LogP contribution is 2.20. The van der Waals surface area contributed by atoms with Crippen molar-refractivity contribution in [2.75, 3.05) is 32.7 Å². The smallest absolute Gasteiger partial charge is 0.303 e. The predicted octanol–water partition coefficient (Wildman–Crippen LogP) is 2.05. The topological polar surface area (TPSA) is 43.8 Å². The lowest BCUT2D eigenvalue weighted by atomic mass is 9.98. The molecular formula is C14H28N2O2. The summed E-state index contributed by atoms with van der Waals surface area (Å²) in [5.41, 5.74) is 0. The molecule has 1 aliphatic heterocycles. The monoisotopic (exact) mass is 256 g/mol. The van der Waals surface area contributed by atoms with Gasteiger partial charge in [-0.1, -0.05) is 20.3 Å². The number of carbonyl (C=O) groups is 1. The number of hydrogen-bond acceptors (Lipinski definition) is 3. The van der Waals surface area contributed by atoms with Crippen molar-refractivity contribution in [3.63, 3.8) is 0 Å². The largest absolute Gasteiger partial charge is 0.481 e. The molecule has 0 aromatic heterocycles. The highest BCUT2D eigenvalue weighted by atomic mass is 16.4. The van der Waals surface area contributed by atoms with E-state index >= 15 is 0 Å². The second kappa shape index (κ2) is 8.48. The number of nitrogens with zero attached hydrogens (tertiary/aromatic N) is 2. The number of carboxylic acid groups (broad SMARTS) is 1. The number of rotatable bonds is 8. The highest BCUT2D eigenvalue weighted by molar-refractivity contribution is 5.66. The molecular weight excluding hydrogens is 228 g/mol. The fourth-order valence-corrected chi connectivity index (χ4v) is 2.78. The molecule has 106 valence electrons. The Bertz CT molecular complexity index is 242. The molecule has 1 heterocycles. The minimum absolute atomic E-state index is 0.312. The number of carboxylic acids is 1. The van der Waals surface area contributed by atoms with Gasteiger partial charge >= 0.3 is 5.97 Å². The summed E-state index contributed by atoms with van der Waals surface area (Å²) >= 11 is 0. The summed E-state index contributed by atoms with van der Waals surface area (Å²) in [6.07, 6.45) is 4.82. The SMILES string of the molecule is CCN(CC)CCN1CCCCC1CCC(=O)O. The Morgan fingerprint density at radius 3 is 2.67 bits per heavy atom. The number of piperidine rings is 1. The molecule has 0 aromatic rings. The van der Waals surface area contributed by atoms with Crippen molar-refractivity contribution in [1.29, 1.82) is 0 Å². The molecule has 1 fully saturated rings. The van der Waals surface area contributed by atoms with E-state index in [1.807, 2.05) is 0 Å². The second-order valence-corrected chi connectivity index (χ2v) is 5.14. The normalized spacial score (nSPS) is 21.4. The van der Waals surface area contributed by atoms with Crippen LogP contribution in [0, 0.1) is 0 Å². The molecule has 0 spiro atoms. The Kier molecular flexibility index (Phi) is 7.28. The van der Waals surface area contributed by atoms with Crippen LogP contribution in [0.3, 0.4) is 0 Å². The average molecular weight is 256 g/mol. The van der Waals surface area contributed by atoms with Gasteiger partial charge in [-0.25, -0.2) is 0 Å². The van der Waals surface area contributed by atoms with Crippen LogP contribution < -0.4 is 0 Å². The summed E-state index contributed by atoms with van der Waals surface area (Å²) in [4.78, 5) is 15.6. The number of aliphatic carboxylic acids is 1. The van der Waals surface area contributed by atoms with Crippen LogP contribution in [-0.4, -0.2) is 59.6 Å². The van der Waals surface area contributed by atoms with Crippen LogP contribution in [0.15, 0.2) is 0 Å². The zero-order chi connectivity index (χ0) is 13.4. The lowest BCUT2D eigenvalue weighted by molar-refractivity contribution is -0.137. The fraction of sp³-hybridized carbons (Fsp3) is 0.929. The van der Waals surface area contributed by atoms with Gasteiger partial charge in [-0.2, -0.15) is 0 Å². The van der Waals surface area contributed by atoms with Crippen LogP contribution in [0.25, 0.3) is 0 Å². The standard InChI is InChI=1S/C14H28N2O2/c1-3-15(4-2)11-12-16-10-6-5-7-13(16)8-9-14(17)18/h13H,3-12H2,1-2H3,(H,17,18). The molecule has 0 aliphatic carbocycles. The van der Waals surface area contributed by atoms with Crippen LogP contribution in [0.2, 0.25) is 0 Å². The zero-order valence-electron chi connectivity index (χ0n) is 11.9. The molecule has 0 aromatic carbocycles. The molecule has 1 unspecified atom stereocenters. The molecule has 1 atom stereocenters. The van der Waals surface area contributed by atoms with Crippen molar-refractivity contribution in [2.45, 2.75) is 52.0 Å². The minimum atomic E-state index is -0.663. The molecule has 1 aliphatic rings. The third kappa shape index (κ3) is 5.36. The second-order valence-electron chi connectivity index (χ2n) is 5.14. The fourth-order valence-electron chi connectivity index (χ4n) is 2.78. The van der Waals surface area contributed by atoms with Crippen molar-refractivity contribution in [3.8, 4) is 0 Å². The third-order valence-electron chi connectivity index (χ3n) is 4.04.